The first-order chi connectivity index (χ1) is 0. The van der Waals surface area contributed by atoms with Crippen molar-refractivity contribution < 1.29 is 112 Å². The molecule has 0 saturated carbocycles. The third kappa shape index (κ3) is 53.4. The molecule has 1 radical (unpaired) electrons. The molecule has 7 heteroatoms. The SMILES string of the molecule is [K+].[Mn+2].[OH-].[OH-].[OH-].[OH-].[Ti]. The maximum atomic E-state index is 0. The molecule has 0 aromatic rings. The van der Waals surface area contributed by atoms with Crippen LogP contribution in [-0.2, 0) is 38.8 Å². The maximum absolute atomic E-state index is 0. The van der Waals surface area contributed by atoms with Crippen LogP contribution in [0.2, 0.25) is 0 Å². The van der Waals surface area contributed by atoms with Crippen LogP contribution in [0.3, 0.4) is 0 Å². The zero-order chi connectivity index (χ0) is 0. The van der Waals surface area contributed by atoms with Gasteiger partial charge in [0, 0.05) is 21.7 Å². The molecule has 0 saturated heterocycles. The van der Waals surface area contributed by atoms with Gasteiger partial charge in [0.15, 0.2) is 0 Å². The Bertz CT molecular complexity index is 11.7. The van der Waals surface area contributed by atoms with Crippen molar-refractivity contribution >= 4 is 0 Å². The zero-order valence-electron chi connectivity index (χ0n) is 3.67. The Morgan fingerprint density at radius 2 is 0.571 bits per heavy atom. The average molecular weight is 210 g/mol. The van der Waals surface area contributed by atoms with Gasteiger partial charge in [-0.2, -0.15) is 0 Å². The molecule has 0 aromatic carbocycles. The van der Waals surface area contributed by atoms with Crippen molar-refractivity contribution in [1.29, 1.82) is 0 Å². The van der Waals surface area contributed by atoms with Crippen molar-refractivity contribution in [3.8, 4) is 0 Å². The summed E-state index contributed by atoms with van der Waals surface area (Å²) in [5.74, 6) is 0. The first-order valence-electron chi connectivity index (χ1n) is 0. The van der Waals surface area contributed by atoms with Crippen LogP contribution < -0.4 is 51.4 Å². The van der Waals surface area contributed by atoms with Crippen LogP contribution >= 0.6 is 0 Å². The van der Waals surface area contributed by atoms with Gasteiger partial charge in [0.1, 0.15) is 0 Å². The largest absolute Gasteiger partial charge is 2.00 e. The second-order valence-corrected chi connectivity index (χ2v) is 0. The molecule has 4 N–H and O–H groups in total. The molecule has 0 bridgehead atoms. The van der Waals surface area contributed by atoms with Crippen molar-refractivity contribution in [3.63, 3.8) is 0 Å². The monoisotopic (exact) mass is 210 g/mol. The van der Waals surface area contributed by atoms with E-state index in [2.05, 4.69) is 0 Å². The third-order valence-electron chi connectivity index (χ3n) is 0. The molecule has 7 heavy (non-hydrogen) atoms. The smallest absolute Gasteiger partial charge is 0.870 e. The van der Waals surface area contributed by atoms with Gasteiger partial charge in [-0.3, -0.25) is 0 Å². The molecule has 0 atom stereocenters. The Hall–Kier alpha value is 2.71. The summed E-state index contributed by atoms with van der Waals surface area (Å²) in [4.78, 5) is 0. The molecule has 0 amide bonds. The van der Waals surface area contributed by atoms with Crippen LogP contribution in [0.1, 0.15) is 0 Å². The summed E-state index contributed by atoms with van der Waals surface area (Å²) in [5.41, 5.74) is 0. The summed E-state index contributed by atoms with van der Waals surface area (Å²) >= 11 is 0. The quantitative estimate of drug-likeness (QED) is 0.381. The van der Waals surface area contributed by atoms with Crippen LogP contribution in [-0.4, -0.2) is 21.9 Å². The first-order valence-corrected chi connectivity index (χ1v) is 0. The van der Waals surface area contributed by atoms with Gasteiger partial charge in [0.05, 0.1) is 0 Å². The molecule has 4 nitrogen and oxygen atoms in total. The summed E-state index contributed by atoms with van der Waals surface area (Å²) in [6, 6.07) is 0. The fourth-order valence-corrected chi connectivity index (χ4v) is 0. The van der Waals surface area contributed by atoms with Gasteiger partial charge >= 0.3 is 68.5 Å². The summed E-state index contributed by atoms with van der Waals surface area (Å²) in [6.07, 6.45) is 0. The summed E-state index contributed by atoms with van der Waals surface area (Å²) in [5, 5.41) is 0. The Morgan fingerprint density at radius 3 is 0.571 bits per heavy atom. The second-order valence-electron chi connectivity index (χ2n) is 0. The van der Waals surface area contributed by atoms with Crippen LogP contribution in [0.5, 0.6) is 0 Å². The molecule has 0 aliphatic carbocycles. The van der Waals surface area contributed by atoms with Crippen LogP contribution in [0.25, 0.3) is 0 Å². The standard InChI is InChI=1S/K.Mn.4H2O.Ti/h;;4*1H2;/q+1;+2;;;;;/p-4. The predicted molar refractivity (Wildman–Crippen MR) is 7.74 cm³/mol. The zero-order valence-corrected chi connectivity index (χ0v) is 9.53. The van der Waals surface area contributed by atoms with Crippen molar-refractivity contribution in [2.45, 2.75) is 0 Å². The van der Waals surface area contributed by atoms with Crippen LogP contribution in [0.4, 0.5) is 0 Å². The molecule has 0 spiro atoms. The molecule has 0 heterocycles. The third-order valence-corrected chi connectivity index (χ3v) is 0. The Kier molecular flexibility index (Phi) is 1010. The van der Waals surface area contributed by atoms with Gasteiger partial charge in [-0.25, -0.2) is 0 Å². The predicted octanol–water partition coefficient (Wildman–Crippen LogP) is -3.71. The molecule has 0 aromatic heterocycles. The molecule has 0 fully saturated rings. The van der Waals surface area contributed by atoms with E-state index in [-0.39, 0.29) is 112 Å². The fraction of sp³-hybridized carbons (Fsp3) is 0. The molecule has 0 rings (SSSR count). The van der Waals surface area contributed by atoms with Crippen molar-refractivity contribution in [3.05, 3.63) is 0 Å². The van der Waals surface area contributed by atoms with Gasteiger partial charge in [0.25, 0.3) is 0 Å². The van der Waals surface area contributed by atoms with E-state index >= 15 is 0 Å². The van der Waals surface area contributed by atoms with Gasteiger partial charge in [-0.15, -0.1) is 0 Å². The van der Waals surface area contributed by atoms with Crippen LogP contribution in [0, 0.1) is 0 Å². The van der Waals surface area contributed by atoms with Crippen molar-refractivity contribution in [2.24, 2.45) is 0 Å². The summed E-state index contributed by atoms with van der Waals surface area (Å²) < 4.78 is 0. The van der Waals surface area contributed by atoms with Gasteiger partial charge in [0.2, 0.25) is 0 Å². The van der Waals surface area contributed by atoms with Crippen molar-refractivity contribution in [1.82, 2.24) is 0 Å². The van der Waals surface area contributed by atoms with Gasteiger partial charge in [-0.1, -0.05) is 0 Å². The number of rotatable bonds is 0. The molecule has 41 valence electrons. The van der Waals surface area contributed by atoms with Crippen LogP contribution in [0.15, 0.2) is 0 Å². The van der Waals surface area contributed by atoms with E-state index in [9.17, 15) is 0 Å². The fourth-order valence-electron chi connectivity index (χ4n) is 0. The minimum Gasteiger partial charge on any atom is -0.870 e. The molecule has 0 aliphatic rings. The normalized spacial score (nSPS) is 0. The number of hydrogen-bond donors (Lipinski definition) is 0. The maximum Gasteiger partial charge on any atom is 2.00 e. The van der Waals surface area contributed by atoms with E-state index in [1.54, 1.807) is 0 Å². The summed E-state index contributed by atoms with van der Waals surface area (Å²) in [6.45, 7) is 0. The summed E-state index contributed by atoms with van der Waals surface area (Å²) in [7, 11) is 0. The van der Waals surface area contributed by atoms with E-state index in [1.807, 2.05) is 0 Å². The van der Waals surface area contributed by atoms with Crippen molar-refractivity contribution in [2.75, 3.05) is 0 Å². The minimum atomic E-state index is 0. The molecule has 0 unspecified atom stereocenters. The van der Waals surface area contributed by atoms with E-state index in [4.69, 9.17) is 0 Å². The topological polar surface area (TPSA) is 120 Å². The van der Waals surface area contributed by atoms with Gasteiger partial charge < -0.3 is 21.9 Å². The van der Waals surface area contributed by atoms with E-state index in [0.29, 0.717) is 0 Å². The van der Waals surface area contributed by atoms with E-state index in [0.717, 1.165) is 0 Å². The number of hydrogen-bond acceptors (Lipinski definition) is 4. The Morgan fingerprint density at radius 1 is 0.571 bits per heavy atom. The second kappa shape index (κ2) is 70.5. The Labute approximate surface area is 110 Å². The average Bonchev–Trinajstić information content (AvgIpc) is 0. The van der Waals surface area contributed by atoms with E-state index in [1.165, 1.54) is 0 Å². The molecular weight excluding hydrogens is 206 g/mol. The molecular formula is H4KMnO4Ti-. The first kappa shape index (κ1) is 100. The Balaban J connectivity index is 0. The van der Waals surface area contributed by atoms with Gasteiger partial charge in [-0.05, 0) is 0 Å². The van der Waals surface area contributed by atoms with E-state index < -0.39 is 0 Å². The molecule has 0 aliphatic heterocycles. The minimum absolute atomic E-state index is 0.